The topological polar surface area (TPSA) is 178 Å². The molecule has 3 unspecified atom stereocenters. The zero-order chi connectivity index (χ0) is 19.2. The molecule has 138 valence electrons. The number of amides is 1. The SMILES string of the molecule is NC(=O)C(O)(c1ccccc1)C1CCC1.O=C(O)C(O)C(O)C(=O)O. The van der Waals surface area contributed by atoms with Crippen LogP contribution in [0, 0.1) is 5.92 Å². The number of rotatable bonds is 6. The van der Waals surface area contributed by atoms with E-state index in [0.29, 0.717) is 5.56 Å². The predicted molar refractivity (Wildman–Crippen MR) is 84.2 cm³/mol. The minimum absolute atomic E-state index is 0.0163. The monoisotopic (exact) mass is 355 g/mol. The summed E-state index contributed by atoms with van der Waals surface area (Å²) in [5.41, 5.74) is 4.46. The molecule has 1 amide bonds. The first-order chi connectivity index (χ1) is 11.6. The molecule has 9 nitrogen and oxygen atoms in total. The second-order valence-electron chi connectivity index (χ2n) is 5.69. The molecule has 1 aliphatic carbocycles. The number of aliphatic hydroxyl groups is 3. The van der Waals surface area contributed by atoms with Gasteiger partial charge in [-0.3, -0.25) is 4.79 Å². The number of carbonyl (C=O) groups is 3. The van der Waals surface area contributed by atoms with E-state index in [-0.39, 0.29) is 5.92 Å². The summed E-state index contributed by atoms with van der Waals surface area (Å²) in [6.45, 7) is 0. The Labute approximate surface area is 143 Å². The van der Waals surface area contributed by atoms with Gasteiger partial charge in [-0.15, -0.1) is 0 Å². The van der Waals surface area contributed by atoms with E-state index in [1.165, 1.54) is 0 Å². The highest BCUT2D eigenvalue weighted by atomic mass is 16.4. The van der Waals surface area contributed by atoms with Gasteiger partial charge in [-0.2, -0.15) is 0 Å². The molecule has 0 bridgehead atoms. The Balaban J connectivity index is 0.000000275. The standard InChI is InChI=1S/C12H15NO2.C4H6O6/c13-11(14)12(15,10-7-4-8-10)9-5-2-1-3-6-9;5-1(3(7)8)2(6)4(9)10/h1-3,5-6,10,15H,4,7-8H2,(H2,13,14);1-2,5-6H,(H,7,8)(H,9,10). The van der Waals surface area contributed by atoms with Gasteiger partial charge in [0.05, 0.1) is 0 Å². The van der Waals surface area contributed by atoms with Crippen molar-refractivity contribution < 1.29 is 39.9 Å². The van der Waals surface area contributed by atoms with Crippen molar-refractivity contribution in [1.29, 1.82) is 0 Å². The number of benzene rings is 1. The average Bonchev–Trinajstić information content (AvgIpc) is 2.52. The van der Waals surface area contributed by atoms with Gasteiger partial charge in [0, 0.05) is 5.92 Å². The summed E-state index contributed by atoms with van der Waals surface area (Å²) < 4.78 is 0. The number of nitrogens with two attached hydrogens (primary N) is 1. The van der Waals surface area contributed by atoms with Gasteiger partial charge in [0.2, 0.25) is 0 Å². The summed E-state index contributed by atoms with van der Waals surface area (Å²) in [6.07, 6.45) is -1.73. The zero-order valence-corrected chi connectivity index (χ0v) is 13.3. The second-order valence-corrected chi connectivity index (χ2v) is 5.69. The van der Waals surface area contributed by atoms with Gasteiger partial charge >= 0.3 is 11.9 Å². The number of hydrogen-bond acceptors (Lipinski definition) is 6. The highest BCUT2D eigenvalue weighted by molar-refractivity contribution is 5.85. The molecule has 1 saturated carbocycles. The van der Waals surface area contributed by atoms with Gasteiger partial charge in [0.25, 0.3) is 5.91 Å². The third kappa shape index (κ3) is 4.75. The Kier molecular flexibility index (Phi) is 7.04. The number of carboxylic acids is 2. The lowest BCUT2D eigenvalue weighted by Gasteiger charge is -2.39. The Morgan fingerprint density at radius 1 is 1.00 bits per heavy atom. The first kappa shape index (κ1) is 20.6. The Hall–Kier alpha value is -2.49. The van der Waals surface area contributed by atoms with Crippen LogP contribution in [-0.2, 0) is 20.0 Å². The third-order valence-electron chi connectivity index (χ3n) is 4.09. The maximum atomic E-state index is 11.4. The van der Waals surface area contributed by atoms with E-state index < -0.39 is 35.7 Å². The van der Waals surface area contributed by atoms with Crippen molar-refractivity contribution in [3.63, 3.8) is 0 Å². The van der Waals surface area contributed by atoms with E-state index in [1.54, 1.807) is 12.1 Å². The molecule has 25 heavy (non-hydrogen) atoms. The van der Waals surface area contributed by atoms with Gasteiger partial charge < -0.3 is 31.3 Å². The molecule has 7 N–H and O–H groups in total. The van der Waals surface area contributed by atoms with E-state index >= 15 is 0 Å². The molecular weight excluding hydrogens is 334 g/mol. The maximum Gasteiger partial charge on any atom is 0.335 e. The van der Waals surface area contributed by atoms with Crippen molar-refractivity contribution in [1.82, 2.24) is 0 Å². The molecule has 0 aromatic heterocycles. The molecule has 0 spiro atoms. The molecule has 1 aliphatic rings. The molecule has 1 aromatic rings. The molecule has 1 fully saturated rings. The van der Waals surface area contributed by atoms with Crippen LogP contribution >= 0.6 is 0 Å². The summed E-state index contributed by atoms with van der Waals surface area (Å²) in [4.78, 5) is 31.0. The number of carbonyl (C=O) groups excluding carboxylic acids is 1. The maximum absolute atomic E-state index is 11.4. The second kappa shape index (κ2) is 8.56. The van der Waals surface area contributed by atoms with Crippen LogP contribution in [-0.4, -0.2) is 55.6 Å². The van der Waals surface area contributed by atoms with Gasteiger partial charge in [0.1, 0.15) is 0 Å². The number of carboxylic acid groups (broad SMARTS) is 2. The summed E-state index contributed by atoms with van der Waals surface area (Å²) >= 11 is 0. The summed E-state index contributed by atoms with van der Waals surface area (Å²) in [7, 11) is 0. The van der Waals surface area contributed by atoms with Crippen molar-refractivity contribution in [3.05, 3.63) is 35.9 Å². The summed E-state index contributed by atoms with van der Waals surface area (Å²) in [5.74, 6) is -4.19. The molecule has 9 heteroatoms. The van der Waals surface area contributed by atoms with Crippen LogP contribution in [0.15, 0.2) is 30.3 Å². The van der Waals surface area contributed by atoms with Crippen molar-refractivity contribution in [2.75, 3.05) is 0 Å². The Morgan fingerprint density at radius 2 is 1.44 bits per heavy atom. The largest absolute Gasteiger partial charge is 0.479 e. The van der Waals surface area contributed by atoms with E-state index in [9.17, 15) is 19.5 Å². The quantitative estimate of drug-likeness (QED) is 0.377. The number of primary amides is 1. The fourth-order valence-corrected chi connectivity index (χ4v) is 2.37. The zero-order valence-electron chi connectivity index (χ0n) is 13.3. The van der Waals surface area contributed by atoms with Crippen LogP contribution in [0.3, 0.4) is 0 Å². The highest BCUT2D eigenvalue weighted by Crippen LogP contribution is 2.42. The normalized spacial score (nSPS) is 18.5. The lowest BCUT2D eigenvalue weighted by Crippen LogP contribution is -2.49. The van der Waals surface area contributed by atoms with Gasteiger partial charge in [-0.25, -0.2) is 9.59 Å². The van der Waals surface area contributed by atoms with Crippen molar-refractivity contribution in [2.45, 2.75) is 37.1 Å². The van der Waals surface area contributed by atoms with Crippen LogP contribution in [0.25, 0.3) is 0 Å². The van der Waals surface area contributed by atoms with Crippen LogP contribution in [0.1, 0.15) is 24.8 Å². The Bertz CT molecular complexity index is 598. The molecule has 2 rings (SSSR count). The minimum atomic E-state index is -2.27. The molecule has 0 radical (unpaired) electrons. The van der Waals surface area contributed by atoms with E-state index in [1.807, 2.05) is 18.2 Å². The van der Waals surface area contributed by atoms with Gasteiger partial charge in [0.15, 0.2) is 17.8 Å². The third-order valence-corrected chi connectivity index (χ3v) is 4.09. The number of aliphatic hydroxyl groups excluding tert-OH is 2. The van der Waals surface area contributed by atoms with Crippen LogP contribution < -0.4 is 5.73 Å². The summed E-state index contributed by atoms with van der Waals surface area (Å²) in [5, 5.41) is 42.9. The fraction of sp³-hybridized carbons (Fsp3) is 0.438. The lowest BCUT2D eigenvalue weighted by molar-refractivity contribution is -0.165. The predicted octanol–water partition coefficient (Wildman–Crippen LogP) is -0.963. The number of hydrogen-bond donors (Lipinski definition) is 6. The van der Waals surface area contributed by atoms with Crippen molar-refractivity contribution in [2.24, 2.45) is 11.7 Å². The molecule has 1 aromatic carbocycles. The van der Waals surface area contributed by atoms with Crippen molar-refractivity contribution >= 4 is 17.8 Å². The first-order valence-electron chi connectivity index (χ1n) is 7.51. The smallest absolute Gasteiger partial charge is 0.335 e. The van der Waals surface area contributed by atoms with E-state index in [4.69, 9.17) is 26.2 Å². The Morgan fingerprint density at radius 3 is 1.72 bits per heavy atom. The number of aliphatic carboxylic acids is 2. The van der Waals surface area contributed by atoms with Gasteiger partial charge in [-0.1, -0.05) is 36.8 Å². The van der Waals surface area contributed by atoms with E-state index in [2.05, 4.69) is 0 Å². The molecule has 3 atom stereocenters. The van der Waals surface area contributed by atoms with Crippen molar-refractivity contribution in [3.8, 4) is 0 Å². The average molecular weight is 355 g/mol. The molecule has 0 saturated heterocycles. The van der Waals surface area contributed by atoms with Gasteiger partial charge in [-0.05, 0) is 18.4 Å². The molecule has 0 heterocycles. The van der Waals surface area contributed by atoms with Crippen LogP contribution in [0.5, 0.6) is 0 Å². The van der Waals surface area contributed by atoms with E-state index in [0.717, 1.165) is 19.3 Å². The highest BCUT2D eigenvalue weighted by Gasteiger charge is 2.46. The molecule has 0 aliphatic heterocycles. The first-order valence-corrected chi connectivity index (χ1v) is 7.51. The van der Waals surface area contributed by atoms with Crippen LogP contribution in [0.2, 0.25) is 0 Å². The minimum Gasteiger partial charge on any atom is -0.479 e. The lowest BCUT2D eigenvalue weighted by atomic mass is 9.69. The molecular formula is C16H21NO8. The van der Waals surface area contributed by atoms with Crippen LogP contribution in [0.4, 0.5) is 0 Å². The summed E-state index contributed by atoms with van der Waals surface area (Å²) in [6, 6.07) is 8.97. The fourth-order valence-electron chi connectivity index (χ4n) is 2.37.